The van der Waals surface area contributed by atoms with Gasteiger partial charge in [-0.15, -0.1) is 0 Å². The molecular weight excluding hydrogens is 470 g/mol. The van der Waals surface area contributed by atoms with Crippen LogP contribution in [0.5, 0.6) is 11.5 Å². The van der Waals surface area contributed by atoms with Gasteiger partial charge in [0.25, 0.3) is 5.56 Å². The van der Waals surface area contributed by atoms with Gasteiger partial charge < -0.3 is 14.8 Å². The maximum Gasteiger partial charge on any atom is 0.332 e. The molecule has 180 valence electrons. The molecule has 1 N–H and O–H groups in total. The van der Waals surface area contributed by atoms with Crippen molar-refractivity contribution in [3.05, 3.63) is 69.4 Å². The van der Waals surface area contributed by atoms with Gasteiger partial charge in [-0.2, -0.15) is 0 Å². The van der Waals surface area contributed by atoms with Gasteiger partial charge in [0.15, 0.2) is 11.5 Å². The minimum absolute atomic E-state index is 0.0165. The van der Waals surface area contributed by atoms with Crippen molar-refractivity contribution in [1.29, 1.82) is 0 Å². The average molecular weight is 494 g/mol. The zero-order chi connectivity index (χ0) is 25.1. The minimum Gasteiger partial charge on any atom is -0.497 e. The number of methoxy groups -OCH3 is 2. The van der Waals surface area contributed by atoms with Gasteiger partial charge in [0, 0.05) is 31.4 Å². The van der Waals surface area contributed by atoms with Crippen LogP contribution in [0, 0.1) is 0 Å². The van der Waals surface area contributed by atoms with Crippen molar-refractivity contribution in [3.8, 4) is 22.9 Å². The number of thioether (sulfide) groups is 1. The predicted octanol–water partition coefficient (Wildman–Crippen LogP) is 2.44. The number of anilines is 1. The lowest BCUT2D eigenvalue weighted by Crippen LogP contribution is -2.37. The molecule has 0 aliphatic heterocycles. The van der Waals surface area contributed by atoms with E-state index in [1.54, 1.807) is 69.8 Å². The highest BCUT2D eigenvalue weighted by Gasteiger charge is 2.19. The summed E-state index contributed by atoms with van der Waals surface area (Å²) in [6, 6.07) is 14.1. The molecule has 0 radical (unpaired) electrons. The van der Waals surface area contributed by atoms with Crippen LogP contribution in [0.3, 0.4) is 0 Å². The molecule has 4 rings (SSSR count). The summed E-state index contributed by atoms with van der Waals surface area (Å²) >= 11 is 1.09. The van der Waals surface area contributed by atoms with Gasteiger partial charge in [-0.05, 0) is 36.4 Å². The first-order chi connectivity index (χ1) is 16.8. The lowest BCUT2D eigenvalue weighted by atomic mass is 10.2. The van der Waals surface area contributed by atoms with Crippen molar-refractivity contribution in [3.63, 3.8) is 0 Å². The molecule has 0 unspecified atom stereocenters. The van der Waals surface area contributed by atoms with Crippen LogP contribution in [-0.2, 0) is 18.9 Å². The number of carbonyl (C=O) groups is 1. The van der Waals surface area contributed by atoms with Crippen molar-refractivity contribution >= 4 is 34.4 Å². The standard InChI is InChI=1S/C24H23N5O5S/c1-28-21-19(23(31)29(2)24(28)32)22(27-20(26-21)14-8-10-16(33-3)11-9-14)35-13-18(30)25-15-6-5-7-17(12-15)34-4/h5-12H,13H2,1-4H3,(H,25,30). The molecule has 0 spiro atoms. The van der Waals surface area contributed by atoms with Crippen LogP contribution in [0.25, 0.3) is 22.4 Å². The van der Waals surface area contributed by atoms with E-state index in [9.17, 15) is 14.4 Å². The van der Waals surface area contributed by atoms with Crippen molar-refractivity contribution in [1.82, 2.24) is 19.1 Å². The van der Waals surface area contributed by atoms with E-state index in [4.69, 9.17) is 9.47 Å². The van der Waals surface area contributed by atoms with Crippen LogP contribution >= 0.6 is 11.8 Å². The highest BCUT2D eigenvalue weighted by molar-refractivity contribution is 8.00. The Morgan fingerprint density at radius 2 is 1.69 bits per heavy atom. The summed E-state index contributed by atoms with van der Waals surface area (Å²) in [4.78, 5) is 47.3. The molecule has 11 heteroatoms. The summed E-state index contributed by atoms with van der Waals surface area (Å²) in [5.41, 5.74) is 0.409. The number of ether oxygens (including phenoxy) is 2. The molecule has 0 aliphatic rings. The summed E-state index contributed by atoms with van der Waals surface area (Å²) in [7, 11) is 6.05. The third-order valence-electron chi connectivity index (χ3n) is 5.31. The zero-order valence-electron chi connectivity index (χ0n) is 19.6. The van der Waals surface area contributed by atoms with E-state index >= 15 is 0 Å². The first-order valence-electron chi connectivity index (χ1n) is 10.5. The molecular formula is C24H23N5O5S. The molecule has 2 aromatic carbocycles. The first-order valence-corrected chi connectivity index (χ1v) is 11.5. The van der Waals surface area contributed by atoms with Gasteiger partial charge in [-0.1, -0.05) is 17.8 Å². The average Bonchev–Trinajstić information content (AvgIpc) is 2.89. The van der Waals surface area contributed by atoms with Gasteiger partial charge in [0.2, 0.25) is 5.91 Å². The molecule has 2 aromatic heterocycles. The third-order valence-corrected chi connectivity index (χ3v) is 6.28. The number of rotatable bonds is 7. The molecule has 4 aromatic rings. The monoisotopic (exact) mass is 493 g/mol. The molecule has 2 heterocycles. The van der Waals surface area contributed by atoms with Crippen molar-refractivity contribution < 1.29 is 14.3 Å². The Morgan fingerprint density at radius 1 is 0.971 bits per heavy atom. The van der Waals surface area contributed by atoms with Crippen LogP contribution in [0.4, 0.5) is 5.69 Å². The summed E-state index contributed by atoms with van der Waals surface area (Å²) < 4.78 is 12.7. The predicted molar refractivity (Wildman–Crippen MR) is 134 cm³/mol. The number of benzene rings is 2. The smallest absolute Gasteiger partial charge is 0.332 e. The van der Waals surface area contributed by atoms with Gasteiger partial charge in [-0.25, -0.2) is 14.8 Å². The number of amides is 1. The second kappa shape index (κ2) is 10.0. The van der Waals surface area contributed by atoms with Crippen molar-refractivity contribution in [2.75, 3.05) is 25.3 Å². The Balaban J connectivity index is 1.73. The van der Waals surface area contributed by atoms with Gasteiger partial charge in [0.1, 0.15) is 21.9 Å². The maximum atomic E-state index is 13.0. The lowest BCUT2D eigenvalue weighted by molar-refractivity contribution is -0.113. The van der Waals surface area contributed by atoms with Gasteiger partial charge in [-0.3, -0.25) is 18.7 Å². The van der Waals surface area contributed by atoms with E-state index in [1.807, 2.05) is 0 Å². The second-order valence-corrected chi connectivity index (χ2v) is 8.52. The fourth-order valence-electron chi connectivity index (χ4n) is 3.43. The Kier molecular flexibility index (Phi) is 6.87. The Bertz CT molecular complexity index is 1530. The number of carbonyl (C=O) groups excluding carboxylic acids is 1. The maximum absolute atomic E-state index is 13.0. The number of aromatic nitrogens is 4. The van der Waals surface area contributed by atoms with Crippen LogP contribution in [-0.4, -0.2) is 45.0 Å². The molecule has 10 nitrogen and oxygen atoms in total. The summed E-state index contributed by atoms with van der Waals surface area (Å²) in [6.07, 6.45) is 0. The van der Waals surface area contributed by atoms with E-state index in [-0.39, 0.29) is 22.7 Å². The minimum atomic E-state index is -0.528. The Labute approximate surface area is 204 Å². The van der Waals surface area contributed by atoms with Crippen molar-refractivity contribution in [2.24, 2.45) is 14.1 Å². The fraction of sp³-hybridized carbons (Fsp3) is 0.208. The van der Waals surface area contributed by atoms with Crippen LogP contribution in [0.15, 0.2) is 63.1 Å². The van der Waals surface area contributed by atoms with Gasteiger partial charge in [0.05, 0.1) is 20.0 Å². The molecule has 1 amide bonds. The highest BCUT2D eigenvalue weighted by atomic mass is 32.2. The molecule has 0 saturated heterocycles. The zero-order valence-corrected chi connectivity index (χ0v) is 20.4. The quantitative estimate of drug-likeness (QED) is 0.308. The second-order valence-electron chi connectivity index (χ2n) is 7.55. The number of aryl methyl sites for hydroxylation is 1. The first kappa shape index (κ1) is 24.0. The molecule has 0 fully saturated rings. The SMILES string of the molecule is COc1ccc(-c2nc(SCC(=O)Nc3cccc(OC)c3)c3c(=O)n(C)c(=O)n(C)c3n2)cc1. The van der Waals surface area contributed by atoms with Crippen LogP contribution in [0.2, 0.25) is 0 Å². The number of nitrogens with zero attached hydrogens (tertiary/aromatic N) is 4. The fourth-order valence-corrected chi connectivity index (χ4v) is 4.25. The number of nitrogens with one attached hydrogen (secondary N) is 1. The summed E-state index contributed by atoms with van der Waals surface area (Å²) in [5, 5.41) is 3.28. The largest absolute Gasteiger partial charge is 0.497 e. The highest BCUT2D eigenvalue weighted by Crippen LogP contribution is 2.27. The lowest BCUT2D eigenvalue weighted by Gasteiger charge is -2.12. The molecule has 0 atom stereocenters. The normalized spacial score (nSPS) is 10.9. The van der Waals surface area contributed by atoms with E-state index in [0.29, 0.717) is 33.6 Å². The van der Waals surface area contributed by atoms with E-state index in [1.165, 1.54) is 11.6 Å². The summed E-state index contributed by atoms with van der Waals surface area (Å²) in [6.45, 7) is 0. The molecule has 0 bridgehead atoms. The molecule has 35 heavy (non-hydrogen) atoms. The number of fused-ring (bicyclic) bond motifs is 1. The topological polar surface area (TPSA) is 117 Å². The van der Waals surface area contributed by atoms with Crippen LogP contribution in [0.1, 0.15) is 0 Å². The van der Waals surface area contributed by atoms with E-state index in [0.717, 1.165) is 16.3 Å². The van der Waals surface area contributed by atoms with E-state index < -0.39 is 11.2 Å². The number of hydrogen-bond acceptors (Lipinski definition) is 8. The third kappa shape index (κ3) is 4.90. The Hall–Kier alpha value is -4.12. The van der Waals surface area contributed by atoms with Crippen molar-refractivity contribution in [2.45, 2.75) is 5.03 Å². The Morgan fingerprint density at radius 3 is 2.37 bits per heavy atom. The molecule has 0 saturated carbocycles. The van der Waals surface area contributed by atoms with Gasteiger partial charge >= 0.3 is 5.69 Å². The summed E-state index contributed by atoms with van der Waals surface area (Å²) in [5.74, 6) is 1.30. The van der Waals surface area contributed by atoms with Crippen LogP contribution < -0.4 is 26.0 Å². The molecule has 0 aliphatic carbocycles. The van der Waals surface area contributed by atoms with E-state index in [2.05, 4.69) is 15.3 Å². The number of hydrogen-bond donors (Lipinski definition) is 1.